The molecule has 1 fully saturated rings. The first-order chi connectivity index (χ1) is 9.93. The van der Waals surface area contributed by atoms with Crippen molar-refractivity contribution in [2.45, 2.75) is 18.4 Å². The van der Waals surface area contributed by atoms with E-state index >= 15 is 0 Å². The average Bonchev–Trinajstić information content (AvgIpc) is 3.19. The Morgan fingerprint density at radius 2 is 2.19 bits per heavy atom. The lowest BCUT2D eigenvalue weighted by atomic mass is 10.1. The number of aliphatic carboxylic acids is 1. The number of nitrogens with one attached hydrogen (secondary N) is 1. The lowest BCUT2D eigenvalue weighted by Crippen LogP contribution is -2.38. The van der Waals surface area contributed by atoms with E-state index in [2.05, 4.69) is 5.32 Å². The number of halogens is 2. The SMILES string of the molecule is COC(CNC(=O)C1CC1c1ccc(Cl)cc1Cl)C(=O)O. The fourth-order valence-corrected chi connectivity index (χ4v) is 2.78. The van der Waals surface area contributed by atoms with Crippen LogP contribution < -0.4 is 5.32 Å². The van der Waals surface area contributed by atoms with Gasteiger partial charge < -0.3 is 15.2 Å². The van der Waals surface area contributed by atoms with E-state index in [1.54, 1.807) is 12.1 Å². The number of benzene rings is 1. The van der Waals surface area contributed by atoms with Crippen molar-refractivity contribution in [2.24, 2.45) is 5.92 Å². The Balaban J connectivity index is 1.90. The van der Waals surface area contributed by atoms with Gasteiger partial charge in [-0.1, -0.05) is 29.3 Å². The highest BCUT2D eigenvalue weighted by molar-refractivity contribution is 6.35. The zero-order valence-corrected chi connectivity index (χ0v) is 12.8. The van der Waals surface area contributed by atoms with Crippen molar-refractivity contribution in [3.05, 3.63) is 33.8 Å². The van der Waals surface area contributed by atoms with E-state index < -0.39 is 12.1 Å². The van der Waals surface area contributed by atoms with E-state index in [0.29, 0.717) is 16.5 Å². The zero-order chi connectivity index (χ0) is 15.6. The van der Waals surface area contributed by atoms with Gasteiger partial charge >= 0.3 is 5.97 Å². The molecule has 1 amide bonds. The Hall–Kier alpha value is -1.30. The number of rotatable bonds is 6. The van der Waals surface area contributed by atoms with Gasteiger partial charge in [-0.15, -0.1) is 0 Å². The highest BCUT2D eigenvalue weighted by Crippen LogP contribution is 2.49. The summed E-state index contributed by atoms with van der Waals surface area (Å²) in [5.41, 5.74) is 0.891. The number of methoxy groups -OCH3 is 1. The van der Waals surface area contributed by atoms with Crippen molar-refractivity contribution in [1.82, 2.24) is 5.32 Å². The lowest BCUT2D eigenvalue weighted by molar-refractivity contribution is -0.148. The number of ether oxygens (including phenoxy) is 1. The van der Waals surface area contributed by atoms with Crippen LogP contribution in [0.5, 0.6) is 0 Å². The average molecular weight is 332 g/mol. The minimum absolute atomic E-state index is 0.0533. The van der Waals surface area contributed by atoms with Crippen LogP contribution >= 0.6 is 23.2 Å². The Morgan fingerprint density at radius 1 is 1.48 bits per heavy atom. The largest absolute Gasteiger partial charge is 0.479 e. The minimum Gasteiger partial charge on any atom is -0.479 e. The van der Waals surface area contributed by atoms with Crippen molar-refractivity contribution in [3.8, 4) is 0 Å². The van der Waals surface area contributed by atoms with E-state index in [4.69, 9.17) is 33.0 Å². The van der Waals surface area contributed by atoms with E-state index in [9.17, 15) is 9.59 Å². The third-order valence-corrected chi connectivity index (χ3v) is 4.07. The quantitative estimate of drug-likeness (QED) is 0.838. The molecule has 1 aromatic carbocycles. The number of amides is 1. The summed E-state index contributed by atoms with van der Waals surface area (Å²) in [7, 11) is 1.29. The standard InChI is InChI=1S/C14H15Cl2NO4/c1-21-12(14(19)20)6-17-13(18)10-5-9(10)8-3-2-7(15)4-11(8)16/h2-4,9-10,12H,5-6H2,1H3,(H,17,18)(H,19,20). The van der Waals surface area contributed by atoms with Gasteiger partial charge in [0, 0.05) is 23.1 Å². The summed E-state index contributed by atoms with van der Waals surface area (Å²) >= 11 is 12.0. The second kappa shape index (κ2) is 6.64. The molecular weight excluding hydrogens is 317 g/mol. The molecule has 2 N–H and O–H groups in total. The van der Waals surface area contributed by atoms with Gasteiger partial charge in [-0.2, -0.15) is 0 Å². The van der Waals surface area contributed by atoms with Crippen LogP contribution in [-0.4, -0.2) is 36.7 Å². The van der Waals surface area contributed by atoms with Crippen molar-refractivity contribution in [1.29, 1.82) is 0 Å². The molecule has 5 nitrogen and oxygen atoms in total. The molecule has 3 atom stereocenters. The molecule has 1 aliphatic carbocycles. The van der Waals surface area contributed by atoms with E-state index in [1.807, 2.05) is 6.07 Å². The Kier molecular flexibility index (Phi) is 5.08. The van der Waals surface area contributed by atoms with Crippen LogP contribution in [0.25, 0.3) is 0 Å². The molecule has 0 aliphatic heterocycles. The topological polar surface area (TPSA) is 75.6 Å². The maximum Gasteiger partial charge on any atom is 0.334 e. The molecule has 1 saturated carbocycles. The predicted octanol–water partition coefficient (Wildman–Crippen LogP) is 2.31. The number of carbonyl (C=O) groups is 2. The molecule has 1 aromatic rings. The summed E-state index contributed by atoms with van der Waals surface area (Å²) in [6.07, 6.45) is -0.344. The Labute approximate surface area is 132 Å². The molecule has 114 valence electrons. The fraction of sp³-hybridized carbons (Fsp3) is 0.429. The number of carbonyl (C=O) groups excluding carboxylic acids is 1. The number of hydrogen-bond donors (Lipinski definition) is 2. The van der Waals surface area contributed by atoms with Crippen molar-refractivity contribution >= 4 is 35.1 Å². The first-order valence-electron chi connectivity index (χ1n) is 6.42. The maximum absolute atomic E-state index is 12.0. The summed E-state index contributed by atoms with van der Waals surface area (Å²) in [5.74, 6) is -1.42. The van der Waals surface area contributed by atoms with Crippen LogP contribution in [0.2, 0.25) is 10.0 Å². The highest BCUT2D eigenvalue weighted by Gasteiger charge is 2.44. The minimum atomic E-state index is -1.11. The molecule has 0 bridgehead atoms. The Morgan fingerprint density at radius 3 is 2.76 bits per heavy atom. The van der Waals surface area contributed by atoms with Crippen LogP contribution in [0.3, 0.4) is 0 Å². The summed E-state index contributed by atoms with van der Waals surface area (Å²) in [4.78, 5) is 22.8. The second-order valence-electron chi connectivity index (χ2n) is 4.92. The fourth-order valence-electron chi connectivity index (χ4n) is 2.23. The normalized spacial score (nSPS) is 21.7. The van der Waals surface area contributed by atoms with Gasteiger partial charge in [0.25, 0.3) is 0 Å². The van der Waals surface area contributed by atoms with Gasteiger partial charge in [0.1, 0.15) is 0 Å². The van der Waals surface area contributed by atoms with Gasteiger partial charge in [-0.05, 0) is 30.0 Å². The van der Waals surface area contributed by atoms with Gasteiger partial charge in [0.05, 0.1) is 6.54 Å². The Bertz CT molecular complexity index is 564. The first-order valence-corrected chi connectivity index (χ1v) is 7.18. The molecule has 2 rings (SSSR count). The van der Waals surface area contributed by atoms with Gasteiger partial charge in [-0.25, -0.2) is 4.79 Å². The molecule has 7 heteroatoms. The molecule has 0 spiro atoms. The number of carboxylic acid groups (broad SMARTS) is 1. The van der Waals surface area contributed by atoms with Crippen LogP contribution in [0.1, 0.15) is 17.9 Å². The molecule has 3 unspecified atom stereocenters. The third-order valence-electron chi connectivity index (χ3n) is 3.51. The second-order valence-corrected chi connectivity index (χ2v) is 5.77. The third kappa shape index (κ3) is 3.87. The van der Waals surface area contributed by atoms with Crippen molar-refractivity contribution in [2.75, 3.05) is 13.7 Å². The van der Waals surface area contributed by atoms with Crippen LogP contribution in [0, 0.1) is 5.92 Å². The molecule has 0 aromatic heterocycles. The number of hydrogen-bond acceptors (Lipinski definition) is 3. The van der Waals surface area contributed by atoms with Crippen LogP contribution in [0.4, 0.5) is 0 Å². The molecule has 0 saturated heterocycles. The summed E-state index contributed by atoms with van der Waals surface area (Å²) in [6, 6.07) is 5.20. The molecule has 1 aliphatic rings. The first kappa shape index (κ1) is 16.1. The lowest BCUT2D eigenvalue weighted by Gasteiger charge is -2.11. The summed E-state index contributed by atoms with van der Waals surface area (Å²) < 4.78 is 4.76. The molecule has 21 heavy (non-hydrogen) atoms. The van der Waals surface area contributed by atoms with E-state index in [0.717, 1.165) is 5.56 Å². The molecule has 0 heterocycles. The van der Waals surface area contributed by atoms with Crippen molar-refractivity contribution in [3.63, 3.8) is 0 Å². The van der Waals surface area contributed by atoms with E-state index in [1.165, 1.54) is 7.11 Å². The van der Waals surface area contributed by atoms with Crippen LogP contribution in [0.15, 0.2) is 18.2 Å². The summed E-state index contributed by atoms with van der Waals surface area (Å²) in [6.45, 7) is -0.0533. The van der Waals surface area contributed by atoms with Gasteiger partial charge in [-0.3, -0.25) is 4.79 Å². The molecular formula is C14H15Cl2NO4. The van der Waals surface area contributed by atoms with Gasteiger partial charge in [0.2, 0.25) is 5.91 Å². The zero-order valence-electron chi connectivity index (χ0n) is 11.3. The molecule has 0 radical (unpaired) electrons. The van der Waals surface area contributed by atoms with E-state index in [-0.39, 0.29) is 24.3 Å². The smallest absolute Gasteiger partial charge is 0.334 e. The van der Waals surface area contributed by atoms with Crippen LogP contribution in [-0.2, 0) is 14.3 Å². The number of carboxylic acids is 1. The monoisotopic (exact) mass is 331 g/mol. The predicted molar refractivity (Wildman–Crippen MR) is 78.8 cm³/mol. The highest BCUT2D eigenvalue weighted by atomic mass is 35.5. The van der Waals surface area contributed by atoms with Gasteiger partial charge in [0.15, 0.2) is 6.10 Å². The van der Waals surface area contributed by atoms with Crippen molar-refractivity contribution < 1.29 is 19.4 Å². The maximum atomic E-state index is 12.0. The summed E-state index contributed by atoms with van der Waals surface area (Å²) in [5, 5.41) is 12.5.